The number of nitrogens with one attached hydrogen (secondary N) is 1. The van der Waals surface area contributed by atoms with Crippen molar-refractivity contribution in [3.05, 3.63) is 48.0 Å². The molecular formula is C21H29IN4O3. The molecule has 1 fully saturated rings. The third kappa shape index (κ3) is 5.81. The summed E-state index contributed by atoms with van der Waals surface area (Å²) in [6.07, 6.45) is 0. The fourth-order valence-corrected chi connectivity index (χ4v) is 3.32. The Balaban J connectivity index is 0.00000300. The van der Waals surface area contributed by atoms with E-state index in [0.29, 0.717) is 6.54 Å². The van der Waals surface area contributed by atoms with Crippen molar-refractivity contribution in [3.8, 4) is 17.2 Å². The number of hydrogen-bond acceptors (Lipinski definition) is 5. The maximum atomic E-state index is 10.1. The second-order valence-electron chi connectivity index (χ2n) is 6.57. The lowest BCUT2D eigenvalue weighted by molar-refractivity contribution is 0.371. The number of methoxy groups -OCH3 is 2. The normalized spacial score (nSPS) is 14.2. The summed E-state index contributed by atoms with van der Waals surface area (Å²) in [5.41, 5.74) is 1.94. The van der Waals surface area contributed by atoms with E-state index < -0.39 is 0 Å². The van der Waals surface area contributed by atoms with Gasteiger partial charge in [0, 0.05) is 57.1 Å². The van der Waals surface area contributed by atoms with Crippen molar-refractivity contribution in [3.63, 3.8) is 0 Å². The molecule has 158 valence electrons. The Kier molecular flexibility index (Phi) is 8.69. The highest BCUT2D eigenvalue weighted by Gasteiger charge is 2.20. The summed E-state index contributed by atoms with van der Waals surface area (Å²) in [5, 5.41) is 13.4. The number of aromatic hydroxyl groups is 1. The van der Waals surface area contributed by atoms with Gasteiger partial charge in [0.05, 0.1) is 14.2 Å². The molecule has 7 nitrogen and oxygen atoms in total. The van der Waals surface area contributed by atoms with Crippen LogP contribution in [0, 0.1) is 0 Å². The summed E-state index contributed by atoms with van der Waals surface area (Å²) in [7, 11) is 5.08. The van der Waals surface area contributed by atoms with E-state index in [-0.39, 0.29) is 29.7 Å². The number of aliphatic imine (C=N–C) groups is 1. The van der Waals surface area contributed by atoms with Crippen LogP contribution in [-0.2, 0) is 6.54 Å². The van der Waals surface area contributed by atoms with Gasteiger partial charge in [-0.2, -0.15) is 0 Å². The van der Waals surface area contributed by atoms with Gasteiger partial charge in [0.25, 0.3) is 0 Å². The molecular weight excluding hydrogens is 483 g/mol. The van der Waals surface area contributed by atoms with Gasteiger partial charge in [-0.25, -0.2) is 0 Å². The molecule has 1 saturated heterocycles. The quantitative estimate of drug-likeness (QED) is 0.365. The fourth-order valence-electron chi connectivity index (χ4n) is 3.32. The minimum atomic E-state index is 0. The summed E-state index contributed by atoms with van der Waals surface area (Å²) in [6.45, 7) is 4.00. The van der Waals surface area contributed by atoms with Crippen LogP contribution >= 0.6 is 24.0 Å². The van der Waals surface area contributed by atoms with E-state index >= 15 is 0 Å². The lowest BCUT2D eigenvalue weighted by Crippen LogP contribution is -2.52. The predicted octanol–water partition coefficient (Wildman–Crippen LogP) is 2.93. The molecule has 1 aliphatic heterocycles. The van der Waals surface area contributed by atoms with E-state index in [0.717, 1.165) is 49.2 Å². The van der Waals surface area contributed by atoms with Crippen molar-refractivity contribution in [1.29, 1.82) is 0 Å². The van der Waals surface area contributed by atoms with Crippen LogP contribution in [0.2, 0.25) is 0 Å². The SMILES string of the molecule is CN=C(NCc1cc(OC)ccc1O)N1CCN(c2cccc(OC)c2)CC1.I. The van der Waals surface area contributed by atoms with Gasteiger partial charge in [0.15, 0.2) is 5.96 Å². The van der Waals surface area contributed by atoms with Crippen LogP contribution in [0.5, 0.6) is 17.2 Å². The largest absolute Gasteiger partial charge is 0.508 e. The number of rotatable bonds is 5. The van der Waals surface area contributed by atoms with Crippen LogP contribution in [0.25, 0.3) is 0 Å². The summed E-state index contributed by atoms with van der Waals surface area (Å²) < 4.78 is 10.6. The second kappa shape index (κ2) is 11.0. The standard InChI is InChI=1S/C21H28N4O3.HI/c1-22-21(23-15-16-13-19(28-3)7-8-20(16)26)25-11-9-24(10-12-25)17-5-4-6-18(14-17)27-2;/h4-8,13-14,26H,9-12,15H2,1-3H3,(H,22,23);1H. The van der Waals surface area contributed by atoms with E-state index in [9.17, 15) is 5.11 Å². The Hall–Kier alpha value is -2.36. The van der Waals surface area contributed by atoms with E-state index in [1.54, 1.807) is 33.4 Å². The average molecular weight is 512 g/mol. The van der Waals surface area contributed by atoms with Crippen molar-refractivity contribution >= 4 is 35.6 Å². The Morgan fingerprint density at radius 1 is 1.03 bits per heavy atom. The van der Waals surface area contributed by atoms with Crippen LogP contribution in [-0.4, -0.2) is 63.4 Å². The van der Waals surface area contributed by atoms with Crippen molar-refractivity contribution in [2.24, 2.45) is 4.99 Å². The molecule has 1 aliphatic rings. The Labute approximate surface area is 189 Å². The van der Waals surface area contributed by atoms with E-state index in [2.05, 4.69) is 32.2 Å². The smallest absolute Gasteiger partial charge is 0.194 e. The van der Waals surface area contributed by atoms with Gasteiger partial charge in [0.2, 0.25) is 0 Å². The summed E-state index contributed by atoms with van der Waals surface area (Å²) in [4.78, 5) is 8.98. The number of phenols is 1. The van der Waals surface area contributed by atoms with Crippen LogP contribution in [0.3, 0.4) is 0 Å². The van der Waals surface area contributed by atoms with Gasteiger partial charge >= 0.3 is 0 Å². The first-order valence-corrected chi connectivity index (χ1v) is 9.35. The molecule has 29 heavy (non-hydrogen) atoms. The number of anilines is 1. The molecule has 0 bridgehead atoms. The molecule has 0 atom stereocenters. The molecule has 2 aromatic rings. The van der Waals surface area contributed by atoms with Crippen molar-refractivity contribution in [1.82, 2.24) is 10.2 Å². The molecule has 2 aromatic carbocycles. The number of guanidine groups is 1. The van der Waals surface area contributed by atoms with Gasteiger partial charge < -0.3 is 29.7 Å². The van der Waals surface area contributed by atoms with Gasteiger partial charge in [-0.05, 0) is 30.3 Å². The first kappa shape index (κ1) is 22.9. The predicted molar refractivity (Wildman–Crippen MR) is 127 cm³/mol. The topological polar surface area (TPSA) is 69.6 Å². The zero-order chi connectivity index (χ0) is 19.9. The first-order chi connectivity index (χ1) is 13.6. The van der Waals surface area contributed by atoms with Crippen molar-refractivity contribution in [2.45, 2.75) is 6.54 Å². The van der Waals surface area contributed by atoms with Gasteiger partial charge in [-0.15, -0.1) is 24.0 Å². The molecule has 1 heterocycles. The molecule has 3 rings (SSSR count). The van der Waals surface area contributed by atoms with Crippen LogP contribution in [0.15, 0.2) is 47.5 Å². The molecule has 0 saturated carbocycles. The van der Waals surface area contributed by atoms with Gasteiger partial charge in [-0.3, -0.25) is 4.99 Å². The number of hydrogen-bond donors (Lipinski definition) is 2. The average Bonchev–Trinajstić information content (AvgIpc) is 2.75. The molecule has 0 aromatic heterocycles. The molecule has 8 heteroatoms. The summed E-state index contributed by atoms with van der Waals surface area (Å²) in [5.74, 6) is 2.66. The molecule has 0 radical (unpaired) electrons. The molecule has 2 N–H and O–H groups in total. The maximum absolute atomic E-state index is 10.1. The van der Waals surface area contributed by atoms with Crippen LogP contribution in [0.1, 0.15) is 5.56 Å². The zero-order valence-corrected chi connectivity index (χ0v) is 19.4. The number of halogens is 1. The second-order valence-corrected chi connectivity index (χ2v) is 6.57. The number of ether oxygens (including phenoxy) is 2. The highest BCUT2D eigenvalue weighted by atomic mass is 127. The first-order valence-electron chi connectivity index (χ1n) is 9.35. The maximum Gasteiger partial charge on any atom is 0.194 e. The molecule has 0 unspecified atom stereocenters. The minimum Gasteiger partial charge on any atom is -0.508 e. The number of phenolic OH excluding ortho intramolecular Hbond substituents is 1. The molecule has 0 aliphatic carbocycles. The van der Waals surface area contributed by atoms with E-state index in [1.807, 2.05) is 18.2 Å². The van der Waals surface area contributed by atoms with Crippen molar-refractivity contribution < 1.29 is 14.6 Å². The fraction of sp³-hybridized carbons (Fsp3) is 0.381. The van der Waals surface area contributed by atoms with Gasteiger partial charge in [-0.1, -0.05) is 6.07 Å². The Morgan fingerprint density at radius 3 is 2.38 bits per heavy atom. The Morgan fingerprint density at radius 2 is 1.72 bits per heavy atom. The highest BCUT2D eigenvalue weighted by molar-refractivity contribution is 14.0. The summed E-state index contributed by atoms with van der Waals surface area (Å²) >= 11 is 0. The zero-order valence-electron chi connectivity index (χ0n) is 17.1. The monoisotopic (exact) mass is 512 g/mol. The highest BCUT2D eigenvalue weighted by Crippen LogP contribution is 2.23. The lowest BCUT2D eigenvalue weighted by Gasteiger charge is -2.37. The number of nitrogens with zero attached hydrogens (tertiary/aromatic N) is 3. The van der Waals surface area contributed by atoms with E-state index in [4.69, 9.17) is 9.47 Å². The third-order valence-electron chi connectivity index (χ3n) is 4.93. The van der Waals surface area contributed by atoms with Crippen LogP contribution < -0.4 is 19.7 Å². The Bertz CT molecular complexity index is 823. The number of benzene rings is 2. The lowest BCUT2D eigenvalue weighted by atomic mass is 10.2. The van der Waals surface area contributed by atoms with Crippen LogP contribution in [0.4, 0.5) is 5.69 Å². The molecule has 0 spiro atoms. The van der Waals surface area contributed by atoms with Gasteiger partial charge in [0.1, 0.15) is 17.2 Å². The third-order valence-corrected chi connectivity index (χ3v) is 4.93. The summed E-state index contributed by atoms with van der Waals surface area (Å²) in [6, 6.07) is 13.4. The minimum absolute atomic E-state index is 0. The van der Waals surface area contributed by atoms with E-state index in [1.165, 1.54) is 5.69 Å². The molecule has 0 amide bonds. The number of piperazine rings is 1. The van der Waals surface area contributed by atoms with Crippen molar-refractivity contribution in [2.75, 3.05) is 52.3 Å².